The molecule has 2 aromatic heterocycles. The van der Waals surface area contributed by atoms with Gasteiger partial charge in [-0.15, -0.1) is 0 Å². The van der Waals surface area contributed by atoms with Gasteiger partial charge in [-0.25, -0.2) is 4.98 Å². The van der Waals surface area contributed by atoms with Crippen molar-refractivity contribution in [3.63, 3.8) is 0 Å². The molecule has 1 N–H and O–H groups in total. The summed E-state index contributed by atoms with van der Waals surface area (Å²) in [4.78, 5) is 16.7. The predicted octanol–water partition coefficient (Wildman–Crippen LogP) is 6.01. The number of aryl methyl sites for hydroxylation is 2. The van der Waals surface area contributed by atoms with E-state index in [1.807, 2.05) is 26.0 Å². The number of carbonyl (C=O) groups excluding carboxylic acids is 1. The molecule has 5 nitrogen and oxygen atoms in total. The number of hydrogen-bond acceptors (Lipinski definition) is 4. The second-order valence-electron chi connectivity index (χ2n) is 6.48. The van der Waals surface area contributed by atoms with Crippen LogP contribution in [0.4, 0.5) is 5.69 Å². The summed E-state index contributed by atoms with van der Waals surface area (Å²) in [5.74, 6) is 0.730. The first kappa shape index (κ1) is 18.1. The van der Waals surface area contributed by atoms with Crippen molar-refractivity contribution in [3.05, 3.63) is 76.7 Å². The molecule has 0 saturated heterocycles. The van der Waals surface area contributed by atoms with Gasteiger partial charge in [0.05, 0.1) is 16.8 Å². The highest BCUT2D eigenvalue weighted by Crippen LogP contribution is 2.33. The summed E-state index contributed by atoms with van der Waals surface area (Å²) in [6.45, 7) is 3.99. The second-order valence-corrected chi connectivity index (χ2v) is 6.89. The maximum atomic E-state index is 12.2. The summed E-state index contributed by atoms with van der Waals surface area (Å²) in [5.41, 5.74) is 4.83. The molecule has 2 aromatic carbocycles. The molecule has 0 aliphatic carbocycles. The lowest BCUT2D eigenvalue weighted by molar-refractivity contribution is -0.111. The molecule has 0 fully saturated rings. The average Bonchev–Trinajstić information content (AvgIpc) is 3.31. The third-order valence-electron chi connectivity index (χ3n) is 4.23. The molecule has 0 aliphatic rings. The van der Waals surface area contributed by atoms with Crippen LogP contribution >= 0.6 is 11.6 Å². The molecule has 1 amide bonds. The Balaban J connectivity index is 1.62. The number of carbonyl (C=O) groups is 1. The van der Waals surface area contributed by atoms with Gasteiger partial charge >= 0.3 is 0 Å². The van der Waals surface area contributed by atoms with E-state index < -0.39 is 0 Å². The summed E-state index contributed by atoms with van der Waals surface area (Å²) in [7, 11) is 0. The van der Waals surface area contributed by atoms with Gasteiger partial charge in [-0.2, -0.15) is 0 Å². The molecule has 0 bridgehead atoms. The van der Waals surface area contributed by atoms with Crippen LogP contribution in [0.5, 0.6) is 0 Å². The quantitative estimate of drug-likeness (QED) is 0.432. The molecule has 0 atom stereocenters. The maximum absolute atomic E-state index is 12.2. The molecule has 4 rings (SSSR count). The molecule has 2 heterocycles. The average molecular weight is 393 g/mol. The van der Waals surface area contributed by atoms with Crippen LogP contribution < -0.4 is 5.32 Å². The van der Waals surface area contributed by atoms with Crippen LogP contribution in [0.25, 0.3) is 28.6 Å². The van der Waals surface area contributed by atoms with E-state index in [1.165, 1.54) is 6.08 Å². The van der Waals surface area contributed by atoms with E-state index in [4.69, 9.17) is 20.4 Å². The first-order chi connectivity index (χ1) is 13.5. The lowest BCUT2D eigenvalue weighted by Crippen LogP contribution is -2.07. The van der Waals surface area contributed by atoms with E-state index in [-0.39, 0.29) is 5.91 Å². The van der Waals surface area contributed by atoms with Gasteiger partial charge < -0.3 is 14.2 Å². The number of nitrogens with one attached hydrogen (secondary N) is 1. The highest BCUT2D eigenvalue weighted by atomic mass is 35.5. The Morgan fingerprint density at radius 3 is 2.82 bits per heavy atom. The number of amides is 1. The molecule has 0 saturated carbocycles. The van der Waals surface area contributed by atoms with E-state index in [1.54, 1.807) is 42.7 Å². The summed E-state index contributed by atoms with van der Waals surface area (Å²) in [6, 6.07) is 12.7. The highest BCUT2D eigenvalue weighted by molar-refractivity contribution is 6.33. The first-order valence-electron chi connectivity index (χ1n) is 8.70. The summed E-state index contributed by atoms with van der Waals surface area (Å²) < 4.78 is 11.1. The third-order valence-corrected chi connectivity index (χ3v) is 4.56. The number of nitrogens with zero attached hydrogens (tertiary/aromatic N) is 1. The van der Waals surface area contributed by atoms with Crippen LogP contribution in [0.1, 0.15) is 16.9 Å². The number of anilines is 1. The van der Waals surface area contributed by atoms with Crippen LogP contribution in [0, 0.1) is 13.8 Å². The minimum Gasteiger partial charge on any atom is -0.465 e. The zero-order valence-electron chi connectivity index (χ0n) is 15.3. The molecular weight excluding hydrogens is 376 g/mol. The monoisotopic (exact) mass is 392 g/mol. The fourth-order valence-corrected chi connectivity index (χ4v) is 3.19. The molecule has 0 aliphatic heterocycles. The van der Waals surface area contributed by atoms with Crippen LogP contribution in [-0.4, -0.2) is 10.9 Å². The van der Waals surface area contributed by atoms with Crippen LogP contribution in [0.2, 0.25) is 5.02 Å². The normalized spacial score (nSPS) is 11.4. The number of furan rings is 1. The van der Waals surface area contributed by atoms with Gasteiger partial charge in [-0.05, 0) is 67.4 Å². The zero-order chi connectivity index (χ0) is 19.7. The van der Waals surface area contributed by atoms with E-state index in [9.17, 15) is 4.79 Å². The van der Waals surface area contributed by atoms with Gasteiger partial charge in [0.2, 0.25) is 11.8 Å². The maximum Gasteiger partial charge on any atom is 0.248 e. The Morgan fingerprint density at radius 1 is 1.18 bits per heavy atom. The van der Waals surface area contributed by atoms with Gasteiger partial charge in [-0.1, -0.05) is 17.7 Å². The molecule has 0 unspecified atom stereocenters. The topological polar surface area (TPSA) is 68.3 Å². The van der Waals surface area contributed by atoms with Gasteiger partial charge in [0.25, 0.3) is 0 Å². The number of fused-ring (bicyclic) bond motifs is 1. The third kappa shape index (κ3) is 3.70. The second kappa shape index (κ2) is 7.37. The van der Waals surface area contributed by atoms with Crippen LogP contribution in [0.3, 0.4) is 0 Å². The molecule has 6 heteroatoms. The largest absolute Gasteiger partial charge is 0.465 e. The molecule has 0 spiro atoms. The van der Waals surface area contributed by atoms with E-state index in [2.05, 4.69) is 10.3 Å². The fourth-order valence-electron chi connectivity index (χ4n) is 2.99. The van der Waals surface area contributed by atoms with Crippen molar-refractivity contribution in [2.75, 3.05) is 5.32 Å². The molecular formula is C22H17ClN2O3. The number of aromatic nitrogens is 1. The molecule has 28 heavy (non-hydrogen) atoms. The smallest absolute Gasteiger partial charge is 0.248 e. The standard InChI is InChI=1S/C22H17ClN2O3/c1-13-10-14(2)21-19(11-13)25-22(28-21)17-12-15(5-7-18(17)23)24-20(26)8-6-16-4-3-9-27-16/h3-12H,1-2H3,(H,24,26). The van der Waals surface area contributed by atoms with Crippen molar-refractivity contribution in [2.45, 2.75) is 13.8 Å². The number of rotatable bonds is 4. The van der Waals surface area contributed by atoms with Gasteiger partial charge in [0.15, 0.2) is 5.58 Å². The SMILES string of the molecule is Cc1cc(C)c2oc(-c3cc(NC(=O)C=Cc4ccco4)ccc3Cl)nc2c1. The van der Waals surface area contributed by atoms with Crippen molar-refractivity contribution in [3.8, 4) is 11.5 Å². The van der Waals surface area contributed by atoms with Crippen molar-refractivity contribution >= 4 is 40.4 Å². The Bertz CT molecular complexity index is 1190. The first-order valence-corrected chi connectivity index (χ1v) is 9.08. The number of hydrogen-bond donors (Lipinski definition) is 1. The number of oxazole rings is 1. The summed E-state index contributed by atoms with van der Waals surface area (Å²) >= 11 is 6.36. The van der Waals surface area contributed by atoms with Gasteiger partial charge in [0.1, 0.15) is 11.3 Å². The van der Waals surface area contributed by atoms with Crippen molar-refractivity contribution in [1.29, 1.82) is 0 Å². The zero-order valence-corrected chi connectivity index (χ0v) is 16.1. The lowest BCUT2D eigenvalue weighted by atomic mass is 10.1. The predicted molar refractivity (Wildman–Crippen MR) is 110 cm³/mol. The highest BCUT2D eigenvalue weighted by Gasteiger charge is 2.14. The van der Waals surface area contributed by atoms with Crippen molar-refractivity contribution in [2.24, 2.45) is 0 Å². The van der Waals surface area contributed by atoms with Crippen molar-refractivity contribution < 1.29 is 13.6 Å². The van der Waals surface area contributed by atoms with Crippen LogP contribution in [-0.2, 0) is 4.79 Å². The van der Waals surface area contributed by atoms with E-state index >= 15 is 0 Å². The van der Waals surface area contributed by atoms with Crippen LogP contribution in [0.15, 0.2) is 63.6 Å². The Hall–Kier alpha value is -3.31. The van der Waals surface area contributed by atoms with Crippen molar-refractivity contribution in [1.82, 2.24) is 4.98 Å². The van der Waals surface area contributed by atoms with Gasteiger partial charge in [-0.3, -0.25) is 4.79 Å². The minimum atomic E-state index is -0.284. The van der Waals surface area contributed by atoms with E-state index in [0.29, 0.717) is 27.9 Å². The lowest BCUT2D eigenvalue weighted by Gasteiger charge is -2.05. The minimum absolute atomic E-state index is 0.284. The Kier molecular flexibility index (Phi) is 4.75. The molecule has 0 radical (unpaired) electrons. The molecule has 140 valence electrons. The van der Waals surface area contributed by atoms with Gasteiger partial charge in [0, 0.05) is 11.8 Å². The van der Waals surface area contributed by atoms with E-state index in [0.717, 1.165) is 22.2 Å². The fraction of sp³-hybridized carbons (Fsp3) is 0.0909. The summed E-state index contributed by atoms with van der Waals surface area (Å²) in [6.07, 6.45) is 4.55. The molecule has 4 aromatic rings. The Labute approximate surface area is 166 Å². The Morgan fingerprint density at radius 2 is 2.04 bits per heavy atom. The number of benzene rings is 2. The number of halogens is 1. The summed E-state index contributed by atoms with van der Waals surface area (Å²) in [5, 5.41) is 3.29.